The van der Waals surface area contributed by atoms with Crippen LogP contribution in [-0.4, -0.2) is 16.2 Å². The number of rotatable bonds is 1. The Morgan fingerprint density at radius 2 is 1.37 bits per heavy atom. The predicted octanol–water partition coefficient (Wildman–Crippen LogP) is 5.79. The monoisotopic (exact) mass is 466 g/mol. The lowest BCUT2D eigenvalue weighted by molar-refractivity contribution is 1.05. The van der Waals surface area contributed by atoms with Crippen LogP contribution in [0.1, 0.15) is 11.4 Å². The lowest BCUT2D eigenvalue weighted by atomic mass is 10.4. The highest BCUT2D eigenvalue weighted by molar-refractivity contribution is 9.11. The average Bonchev–Trinajstić information content (AvgIpc) is 2.38. The van der Waals surface area contributed by atoms with Crippen LogP contribution in [0.15, 0.2) is 42.8 Å². The zero-order chi connectivity index (χ0) is 14.4. The number of pyridine rings is 2. The van der Waals surface area contributed by atoms with Crippen LogP contribution in [0.25, 0.3) is 0 Å². The van der Waals surface area contributed by atoms with Crippen LogP contribution >= 0.6 is 59.6 Å². The van der Waals surface area contributed by atoms with Gasteiger partial charge >= 0.3 is 0 Å². The summed E-state index contributed by atoms with van der Waals surface area (Å²) < 4.78 is 3.00. The van der Waals surface area contributed by atoms with Crippen LogP contribution in [0, 0.1) is 13.8 Å². The molecule has 19 heavy (non-hydrogen) atoms. The summed E-state index contributed by atoms with van der Waals surface area (Å²) in [5, 5.41) is 1.07. The third-order valence-electron chi connectivity index (χ3n) is 2.19. The zero-order valence-electron chi connectivity index (χ0n) is 10.7. The third kappa shape index (κ3) is 5.94. The van der Waals surface area contributed by atoms with Gasteiger partial charge in [0.2, 0.25) is 0 Å². The number of thioether (sulfide) groups is 1. The summed E-state index contributed by atoms with van der Waals surface area (Å²) in [7, 11) is 0. The molecular weight excluding hydrogens is 456 g/mol. The van der Waals surface area contributed by atoms with Crippen molar-refractivity contribution in [3.8, 4) is 0 Å². The molecule has 0 aliphatic heterocycles. The zero-order valence-corrected chi connectivity index (χ0v) is 16.3. The van der Waals surface area contributed by atoms with Crippen LogP contribution in [0.4, 0.5) is 0 Å². The van der Waals surface area contributed by atoms with Gasteiger partial charge in [-0.05, 0) is 92.2 Å². The first-order chi connectivity index (χ1) is 8.93. The van der Waals surface area contributed by atoms with Gasteiger partial charge in [-0.3, -0.25) is 0 Å². The minimum atomic E-state index is 0.878. The van der Waals surface area contributed by atoms with Gasteiger partial charge in [0.05, 0.1) is 16.4 Å². The van der Waals surface area contributed by atoms with E-state index in [1.807, 2.05) is 44.4 Å². The molecule has 2 nitrogen and oxygen atoms in total. The van der Waals surface area contributed by atoms with Crippen molar-refractivity contribution in [2.24, 2.45) is 0 Å². The van der Waals surface area contributed by atoms with Crippen molar-refractivity contribution in [2.45, 2.75) is 18.9 Å². The molecule has 102 valence electrons. The van der Waals surface area contributed by atoms with Crippen LogP contribution in [0.3, 0.4) is 0 Å². The molecule has 0 aliphatic rings. The molecule has 2 aromatic heterocycles. The van der Waals surface area contributed by atoms with Crippen molar-refractivity contribution in [3.05, 3.63) is 49.2 Å². The molecule has 2 aromatic rings. The number of nitrogens with zero attached hydrogens (tertiary/aromatic N) is 2. The van der Waals surface area contributed by atoms with Crippen LogP contribution in [0.5, 0.6) is 0 Å². The maximum atomic E-state index is 4.31. The Labute approximate surface area is 143 Å². The Balaban J connectivity index is 0.000000191. The molecule has 0 unspecified atom stereocenters. The molecular formula is C13H13Br3N2S. The van der Waals surface area contributed by atoms with E-state index in [0.29, 0.717) is 0 Å². The van der Waals surface area contributed by atoms with Crippen molar-refractivity contribution in [1.82, 2.24) is 9.97 Å². The summed E-state index contributed by atoms with van der Waals surface area (Å²) in [6.45, 7) is 3.94. The predicted molar refractivity (Wildman–Crippen MR) is 92.8 cm³/mol. The normalized spacial score (nSPS) is 9.79. The van der Waals surface area contributed by atoms with E-state index < -0.39 is 0 Å². The van der Waals surface area contributed by atoms with E-state index in [1.54, 1.807) is 11.8 Å². The van der Waals surface area contributed by atoms with Gasteiger partial charge in [-0.25, -0.2) is 9.97 Å². The van der Waals surface area contributed by atoms with Crippen molar-refractivity contribution in [1.29, 1.82) is 0 Å². The van der Waals surface area contributed by atoms with E-state index in [2.05, 4.69) is 57.8 Å². The quantitative estimate of drug-likeness (QED) is 0.391. The minimum Gasteiger partial charge on any atom is -0.246 e. The number of hydrogen-bond acceptors (Lipinski definition) is 3. The topological polar surface area (TPSA) is 25.8 Å². The van der Waals surface area contributed by atoms with Gasteiger partial charge in [0, 0.05) is 8.95 Å². The largest absolute Gasteiger partial charge is 0.246 e. The van der Waals surface area contributed by atoms with E-state index in [4.69, 9.17) is 0 Å². The molecule has 0 atom stereocenters. The van der Waals surface area contributed by atoms with Gasteiger partial charge in [0.1, 0.15) is 4.60 Å². The second-order valence-corrected chi connectivity index (χ2v) is 6.97. The number of hydrogen-bond donors (Lipinski definition) is 0. The fraction of sp³-hybridized carbons (Fsp3) is 0.231. The fourth-order valence-corrected chi connectivity index (χ4v) is 2.42. The second kappa shape index (κ2) is 8.39. The van der Waals surface area contributed by atoms with Gasteiger partial charge in [-0.2, -0.15) is 0 Å². The molecule has 0 radical (unpaired) electrons. The molecule has 0 bridgehead atoms. The third-order valence-corrected chi connectivity index (χ3v) is 4.96. The average molecular weight is 469 g/mol. The highest BCUT2D eigenvalue weighted by atomic mass is 79.9. The van der Waals surface area contributed by atoms with Crippen molar-refractivity contribution in [3.63, 3.8) is 0 Å². The molecule has 2 rings (SSSR count). The molecule has 0 spiro atoms. The first-order valence-corrected chi connectivity index (χ1v) is 9.00. The van der Waals surface area contributed by atoms with E-state index in [1.165, 1.54) is 0 Å². The molecule has 6 heteroatoms. The second-order valence-electron chi connectivity index (χ2n) is 3.62. The first kappa shape index (κ1) is 17.1. The molecule has 0 saturated carbocycles. The molecule has 0 aromatic carbocycles. The molecule has 0 saturated heterocycles. The molecule has 2 heterocycles. The smallest absolute Gasteiger partial charge is 0.106 e. The van der Waals surface area contributed by atoms with Crippen LogP contribution in [0.2, 0.25) is 0 Å². The SMILES string of the molecule is CSc1ccc(Br)c(C)n1.Cc1nc(Br)ccc1Br. The number of halogens is 3. The Kier molecular flexibility index (Phi) is 7.57. The van der Waals surface area contributed by atoms with Gasteiger partial charge in [-0.15, -0.1) is 11.8 Å². The van der Waals surface area contributed by atoms with Crippen molar-refractivity contribution >= 4 is 59.6 Å². The summed E-state index contributed by atoms with van der Waals surface area (Å²) in [5.74, 6) is 0. The van der Waals surface area contributed by atoms with Crippen LogP contribution < -0.4 is 0 Å². The van der Waals surface area contributed by atoms with Gasteiger partial charge in [0.25, 0.3) is 0 Å². The Morgan fingerprint density at radius 3 is 1.79 bits per heavy atom. The van der Waals surface area contributed by atoms with Crippen molar-refractivity contribution < 1.29 is 0 Å². The fourth-order valence-electron chi connectivity index (χ4n) is 1.15. The molecule has 0 amide bonds. The Bertz CT molecular complexity index is 562. The minimum absolute atomic E-state index is 0.878. The number of aromatic nitrogens is 2. The van der Waals surface area contributed by atoms with Gasteiger partial charge < -0.3 is 0 Å². The Morgan fingerprint density at radius 1 is 0.842 bits per heavy atom. The van der Waals surface area contributed by atoms with E-state index in [0.717, 1.165) is 30.0 Å². The summed E-state index contributed by atoms with van der Waals surface area (Å²) in [6, 6.07) is 7.89. The maximum Gasteiger partial charge on any atom is 0.106 e. The van der Waals surface area contributed by atoms with Crippen molar-refractivity contribution in [2.75, 3.05) is 6.26 Å². The van der Waals surface area contributed by atoms with Gasteiger partial charge in [-0.1, -0.05) is 0 Å². The highest BCUT2D eigenvalue weighted by Crippen LogP contribution is 2.18. The van der Waals surface area contributed by atoms with E-state index >= 15 is 0 Å². The summed E-state index contributed by atoms with van der Waals surface area (Å²) in [5.41, 5.74) is 2.05. The highest BCUT2D eigenvalue weighted by Gasteiger charge is 1.96. The van der Waals surface area contributed by atoms with Crippen LogP contribution in [-0.2, 0) is 0 Å². The molecule has 0 fully saturated rings. The van der Waals surface area contributed by atoms with E-state index in [9.17, 15) is 0 Å². The van der Waals surface area contributed by atoms with E-state index in [-0.39, 0.29) is 0 Å². The maximum absolute atomic E-state index is 4.31. The Hall–Kier alpha value is 0.0900. The lowest BCUT2D eigenvalue weighted by Gasteiger charge is -1.98. The summed E-state index contributed by atoms with van der Waals surface area (Å²) in [4.78, 5) is 8.45. The summed E-state index contributed by atoms with van der Waals surface area (Å²) in [6.07, 6.45) is 2.02. The lowest BCUT2D eigenvalue weighted by Crippen LogP contribution is -1.83. The first-order valence-electron chi connectivity index (χ1n) is 5.40. The standard InChI is InChI=1S/C7H8BrNS.C6H5Br2N/c1-5-6(8)3-4-7(9-5)10-2;1-4-5(7)2-3-6(8)9-4/h3-4H,1-2H3;2-3H,1H3. The molecule has 0 N–H and O–H groups in total. The number of aryl methyl sites for hydroxylation is 2. The van der Waals surface area contributed by atoms with Gasteiger partial charge in [0.15, 0.2) is 0 Å². The molecule has 0 aliphatic carbocycles. The summed E-state index contributed by atoms with van der Waals surface area (Å²) >= 11 is 11.7.